The van der Waals surface area contributed by atoms with Gasteiger partial charge in [0.05, 0.1) is 23.5 Å². The van der Waals surface area contributed by atoms with Gasteiger partial charge in [-0.15, -0.1) is 0 Å². The van der Waals surface area contributed by atoms with Crippen LogP contribution < -0.4 is 5.32 Å². The third-order valence-electron chi connectivity index (χ3n) is 5.41. The lowest BCUT2D eigenvalue weighted by atomic mass is 9.96. The zero-order valence-corrected chi connectivity index (χ0v) is 18.0. The number of likely N-dealkylation sites (tertiary alicyclic amines) is 1. The number of H-pyrrole nitrogens is 1. The molecule has 0 bridgehead atoms. The fraction of sp³-hybridized carbons (Fsp3) is 0.348. The Morgan fingerprint density at radius 3 is 2.42 bits per heavy atom. The zero-order valence-electron chi connectivity index (χ0n) is 18.0. The molecule has 1 saturated heterocycles. The minimum Gasteiger partial charge on any atom is -0.475 e. The van der Waals surface area contributed by atoms with E-state index in [-0.39, 0.29) is 18.0 Å². The molecule has 2 aromatic carbocycles. The number of hydrogen-bond donors (Lipinski definition) is 3. The number of imidazole rings is 1. The predicted molar refractivity (Wildman–Crippen MR) is 116 cm³/mol. The maximum Gasteiger partial charge on any atom is 0.490 e. The van der Waals surface area contributed by atoms with Crippen molar-refractivity contribution in [3.8, 4) is 0 Å². The molecule has 3 aromatic rings. The quantitative estimate of drug-likeness (QED) is 0.549. The van der Waals surface area contributed by atoms with Gasteiger partial charge in [0.1, 0.15) is 5.82 Å². The van der Waals surface area contributed by atoms with Crippen LogP contribution in [0.15, 0.2) is 54.6 Å². The van der Waals surface area contributed by atoms with Crippen molar-refractivity contribution in [1.82, 2.24) is 20.2 Å². The molecule has 0 unspecified atom stereocenters. The van der Waals surface area contributed by atoms with Crippen LogP contribution in [0.4, 0.5) is 13.2 Å². The van der Waals surface area contributed by atoms with Crippen molar-refractivity contribution in [2.45, 2.75) is 37.5 Å². The molecule has 2 atom stereocenters. The van der Waals surface area contributed by atoms with E-state index in [4.69, 9.17) is 14.9 Å². The van der Waals surface area contributed by atoms with Crippen LogP contribution in [0.3, 0.4) is 0 Å². The number of alkyl halides is 3. The van der Waals surface area contributed by atoms with E-state index in [9.17, 15) is 18.0 Å². The number of nitrogens with one attached hydrogen (secondary N) is 2. The molecule has 0 radical (unpaired) electrons. The number of carboxylic acids is 1. The first-order chi connectivity index (χ1) is 15.6. The van der Waals surface area contributed by atoms with Crippen molar-refractivity contribution in [1.29, 1.82) is 0 Å². The Bertz CT molecular complexity index is 1050. The number of hydrogen-bond acceptors (Lipinski definition) is 4. The number of carbonyl (C=O) groups excluding carboxylic acids is 1. The maximum absolute atomic E-state index is 12.4. The average Bonchev–Trinajstić information content (AvgIpc) is 3.19. The molecule has 1 fully saturated rings. The van der Waals surface area contributed by atoms with Gasteiger partial charge in [0, 0.05) is 12.6 Å². The van der Waals surface area contributed by atoms with E-state index in [0.717, 1.165) is 41.8 Å². The van der Waals surface area contributed by atoms with E-state index in [1.807, 2.05) is 54.6 Å². The first-order valence-corrected chi connectivity index (χ1v) is 10.4. The number of carboxylic acid groups (broad SMARTS) is 1. The van der Waals surface area contributed by atoms with Crippen molar-refractivity contribution in [2.24, 2.45) is 0 Å². The molecule has 0 saturated carbocycles. The molecule has 33 heavy (non-hydrogen) atoms. The van der Waals surface area contributed by atoms with E-state index in [0.29, 0.717) is 6.42 Å². The zero-order chi connectivity index (χ0) is 24.0. The van der Waals surface area contributed by atoms with Crippen LogP contribution in [-0.4, -0.2) is 57.7 Å². The summed E-state index contributed by atoms with van der Waals surface area (Å²) in [6.07, 6.45) is -2.81. The highest BCUT2D eigenvalue weighted by atomic mass is 19.4. The number of halogens is 3. The fourth-order valence-corrected chi connectivity index (χ4v) is 3.72. The highest BCUT2D eigenvalue weighted by molar-refractivity contribution is 5.79. The Hall–Kier alpha value is -3.40. The van der Waals surface area contributed by atoms with Crippen molar-refractivity contribution in [3.05, 3.63) is 66.0 Å². The number of nitrogens with zero attached hydrogens (tertiary/aromatic N) is 2. The number of aromatic nitrogens is 2. The van der Waals surface area contributed by atoms with Gasteiger partial charge in [-0.2, -0.15) is 13.2 Å². The molecule has 2 heterocycles. The van der Waals surface area contributed by atoms with Crippen LogP contribution in [-0.2, 0) is 16.0 Å². The Morgan fingerprint density at radius 1 is 1.15 bits per heavy atom. The van der Waals surface area contributed by atoms with Gasteiger partial charge in [-0.25, -0.2) is 9.78 Å². The largest absolute Gasteiger partial charge is 0.490 e. The van der Waals surface area contributed by atoms with E-state index in [2.05, 4.69) is 22.2 Å². The van der Waals surface area contributed by atoms with Gasteiger partial charge < -0.3 is 15.4 Å². The summed E-state index contributed by atoms with van der Waals surface area (Å²) in [6.45, 7) is 0.942. The molecule has 1 aliphatic rings. The van der Waals surface area contributed by atoms with Crippen LogP contribution in [0.2, 0.25) is 0 Å². The summed E-state index contributed by atoms with van der Waals surface area (Å²) >= 11 is 0. The third kappa shape index (κ3) is 6.79. The molecule has 7 nitrogen and oxygen atoms in total. The van der Waals surface area contributed by atoms with Gasteiger partial charge in [-0.05, 0) is 37.6 Å². The first kappa shape index (κ1) is 24.2. The Balaban J connectivity index is 0.000000383. The smallest absolute Gasteiger partial charge is 0.475 e. The van der Waals surface area contributed by atoms with Crippen LogP contribution >= 0.6 is 0 Å². The molecule has 176 valence electrons. The lowest BCUT2D eigenvalue weighted by Gasteiger charge is -2.36. The predicted octanol–water partition coefficient (Wildman–Crippen LogP) is 3.69. The molecule has 0 aliphatic carbocycles. The Morgan fingerprint density at radius 2 is 1.79 bits per heavy atom. The van der Waals surface area contributed by atoms with Crippen molar-refractivity contribution >= 4 is 22.9 Å². The van der Waals surface area contributed by atoms with E-state index in [1.54, 1.807) is 0 Å². The van der Waals surface area contributed by atoms with Gasteiger partial charge in [-0.1, -0.05) is 42.5 Å². The van der Waals surface area contributed by atoms with E-state index < -0.39 is 12.1 Å². The summed E-state index contributed by atoms with van der Waals surface area (Å²) in [6, 6.07) is 18.4. The minimum atomic E-state index is -5.08. The molecule has 1 aromatic heterocycles. The number of aliphatic carboxylic acids is 1. The summed E-state index contributed by atoms with van der Waals surface area (Å²) in [5.41, 5.74) is 3.10. The van der Waals surface area contributed by atoms with E-state index in [1.165, 1.54) is 0 Å². The van der Waals surface area contributed by atoms with Crippen LogP contribution in [0.5, 0.6) is 0 Å². The van der Waals surface area contributed by atoms with Gasteiger partial charge in [0.25, 0.3) is 0 Å². The number of piperidine rings is 1. The average molecular weight is 462 g/mol. The van der Waals surface area contributed by atoms with Crippen LogP contribution in [0.1, 0.15) is 30.3 Å². The first-order valence-electron chi connectivity index (χ1n) is 10.4. The lowest BCUT2D eigenvalue weighted by Crippen LogP contribution is -2.45. The summed E-state index contributed by atoms with van der Waals surface area (Å²) in [7, 11) is 2.12. The second-order valence-corrected chi connectivity index (χ2v) is 7.89. The summed E-state index contributed by atoms with van der Waals surface area (Å²) < 4.78 is 31.7. The molecule has 1 amide bonds. The van der Waals surface area contributed by atoms with Crippen molar-refractivity contribution in [2.75, 3.05) is 13.6 Å². The standard InChI is InChI=1S/C21H24N4O.C2HF3O2/c1-25-12-11-16(22-20(26)13-15-7-3-2-4-8-15)14-19(25)21-23-17-9-5-6-10-18(17)24-21;3-2(4,5)1(6)7/h2-10,16,19H,11-14H2,1H3,(H,22,26)(H,23,24);(H,6,7)/t16-,19-;/m1./s1. The Labute approximate surface area is 188 Å². The van der Waals surface area contributed by atoms with Gasteiger partial charge in [-0.3, -0.25) is 9.69 Å². The second kappa shape index (κ2) is 10.5. The molecule has 10 heteroatoms. The Kier molecular flexibility index (Phi) is 7.70. The second-order valence-electron chi connectivity index (χ2n) is 7.89. The maximum atomic E-state index is 12.4. The number of benzene rings is 2. The summed E-state index contributed by atoms with van der Waals surface area (Å²) in [5.74, 6) is -1.68. The molecule has 0 spiro atoms. The van der Waals surface area contributed by atoms with Gasteiger partial charge in [0.15, 0.2) is 0 Å². The highest BCUT2D eigenvalue weighted by Crippen LogP contribution is 2.29. The van der Waals surface area contributed by atoms with Crippen LogP contribution in [0, 0.1) is 0 Å². The number of rotatable bonds is 4. The lowest BCUT2D eigenvalue weighted by molar-refractivity contribution is -0.192. The third-order valence-corrected chi connectivity index (χ3v) is 5.41. The SMILES string of the molecule is CN1CC[C@@H](NC(=O)Cc2ccccc2)C[C@@H]1c1nc2ccccc2[nH]1.O=C(O)C(F)(F)F. The topological polar surface area (TPSA) is 98.3 Å². The number of para-hydroxylation sites is 2. The molecule has 4 rings (SSSR count). The highest BCUT2D eigenvalue weighted by Gasteiger charge is 2.38. The minimum absolute atomic E-state index is 0.0918. The fourth-order valence-electron chi connectivity index (χ4n) is 3.72. The summed E-state index contributed by atoms with van der Waals surface area (Å²) in [5, 5.41) is 10.3. The molecular weight excluding hydrogens is 437 g/mol. The van der Waals surface area contributed by atoms with Crippen LogP contribution in [0.25, 0.3) is 11.0 Å². The van der Waals surface area contributed by atoms with E-state index >= 15 is 0 Å². The van der Waals surface area contributed by atoms with Crippen molar-refractivity contribution < 1.29 is 27.9 Å². The summed E-state index contributed by atoms with van der Waals surface area (Å²) in [4.78, 5) is 31.8. The van der Waals surface area contributed by atoms with Gasteiger partial charge >= 0.3 is 12.1 Å². The molecule has 1 aliphatic heterocycles. The monoisotopic (exact) mass is 462 g/mol. The normalized spacial score (nSPS) is 18.9. The molecule has 3 N–H and O–H groups in total. The number of fused-ring (bicyclic) bond motifs is 1. The molecular formula is C23H25F3N4O3. The number of aromatic amines is 1. The van der Waals surface area contributed by atoms with Gasteiger partial charge in [0.2, 0.25) is 5.91 Å². The van der Waals surface area contributed by atoms with Crippen molar-refractivity contribution in [3.63, 3.8) is 0 Å². The number of carbonyl (C=O) groups is 2. The number of amides is 1.